The number of nitro groups is 2. The predicted octanol–water partition coefficient (Wildman–Crippen LogP) is 6.68. The number of nitrogens with two attached hydrogens (primary N) is 2. The van der Waals surface area contributed by atoms with E-state index in [0.29, 0.717) is 6.07 Å². The number of benzene rings is 5. The van der Waals surface area contributed by atoms with Crippen molar-refractivity contribution in [3.8, 4) is 17.2 Å². The number of rotatable bonds is 10. The SMILES string of the molecule is Nc1cc(N=Nc2cc(N=Nc3cc(S(=O)(=O)O)cc4cc(S(=O)(=O)O)cc(O)c34)c(O)c(N=Nc3ccc([N+](=O)[O-])c(N)c3)c2O)ccc1[N+](=O)[O-]. The molecule has 0 saturated carbocycles. The van der Waals surface area contributed by atoms with Gasteiger partial charge in [-0.1, -0.05) is 0 Å². The molecule has 0 saturated heterocycles. The standard InChI is InChI=1S/C28H20N10O13S2/c29-17-7-13(1-3-22(17)37(42)43)31-34-20-11-21(28(41)26(27(20)40)36-32-14-2-4-23(38(44)45)18(30)8-14)35-33-19-9-15(52(46,47)48)5-12-6-16(53(49,50)51)10-24(39)25(12)19/h1-11,39-41H,29-30H2,(H,46,47,48)(H,49,50,51). The summed E-state index contributed by atoms with van der Waals surface area (Å²) in [7, 11) is -9.92. The van der Waals surface area contributed by atoms with Crippen molar-refractivity contribution in [2.45, 2.75) is 9.79 Å². The van der Waals surface area contributed by atoms with Crippen molar-refractivity contribution in [3.05, 3.63) is 87.0 Å². The fraction of sp³-hybridized carbons (Fsp3) is 0. The molecular formula is C28H20N10O13S2. The molecule has 53 heavy (non-hydrogen) atoms. The third kappa shape index (κ3) is 7.91. The minimum absolute atomic E-state index is 0.0403. The van der Waals surface area contributed by atoms with Gasteiger partial charge in [0.2, 0.25) is 0 Å². The highest BCUT2D eigenvalue weighted by Gasteiger charge is 2.22. The molecule has 0 radical (unpaired) electrons. The Balaban J connectivity index is 1.70. The number of hydrogen-bond donors (Lipinski definition) is 7. The molecule has 0 aliphatic rings. The number of fused-ring (bicyclic) bond motifs is 1. The van der Waals surface area contributed by atoms with Gasteiger partial charge in [0.05, 0.1) is 42.1 Å². The van der Waals surface area contributed by atoms with Crippen LogP contribution in [0.3, 0.4) is 0 Å². The minimum Gasteiger partial charge on any atom is -0.507 e. The number of nitrogens with zero attached hydrogens (tertiary/aromatic N) is 8. The first-order valence-corrected chi connectivity index (χ1v) is 16.8. The van der Waals surface area contributed by atoms with Crippen molar-refractivity contribution in [1.29, 1.82) is 0 Å². The number of phenols is 3. The molecule has 0 heterocycles. The lowest BCUT2D eigenvalue weighted by atomic mass is 10.1. The molecule has 0 aliphatic heterocycles. The normalized spacial score (nSPS) is 12.3. The number of azo groups is 3. The van der Waals surface area contributed by atoms with Gasteiger partial charge in [-0.05, 0) is 47.9 Å². The van der Waals surface area contributed by atoms with Gasteiger partial charge in [-0.25, -0.2) is 0 Å². The number of anilines is 2. The first-order valence-electron chi connectivity index (χ1n) is 13.9. The lowest BCUT2D eigenvalue weighted by molar-refractivity contribution is -0.384. The molecule has 5 rings (SSSR count). The monoisotopic (exact) mass is 768 g/mol. The third-order valence-corrected chi connectivity index (χ3v) is 8.64. The topological polar surface area (TPSA) is 382 Å². The zero-order valence-corrected chi connectivity index (χ0v) is 27.5. The van der Waals surface area contributed by atoms with Crippen molar-refractivity contribution >= 4 is 87.9 Å². The quantitative estimate of drug-likeness (QED) is 0.0256. The zero-order valence-electron chi connectivity index (χ0n) is 25.9. The van der Waals surface area contributed by atoms with Crippen molar-refractivity contribution in [2.75, 3.05) is 11.5 Å². The average Bonchev–Trinajstić information content (AvgIpc) is 3.05. The maximum atomic E-state index is 12.0. The largest absolute Gasteiger partial charge is 0.507 e. The van der Waals surface area contributed by atoms with Crippen LogP contribution in [0, 0.1) is 20.2 Å². The van der Waals surface area contributed by atoms with E-state index >= 15 is 0 Å². The van der Waals surface area contributed by atoms with Crippen LogP contribution in [0.5, 0.6) is 17.2 Å². The average molecular weight is 769 g/mol. The Morgan fingerprint density at radius 3 is 1.45 bits per heavy atom. The molecule has 0 aliphatic carbocycles. The van der Waals surface area contributed by atoms with Crippen LogP contribution in [-0.4, -0.2) is 51.1 Å². The summed E-state index contributed by atoms with van der Waals surface area (Å²) in [6.07, 6.45) is 0. The van der Waals surface area contributed by atoms with Gasteiger partial charge in [0, 0.05) is 24.3 Å². The fourth-order valence-corrected chi connectivity index (χ4v) is 5.60. The van der Waals surface area contributed by atoms with Crippen molar-refractivity contribution in [2.24, 2.45) is 30.7 Å². The van der Waals surface area contributed by atoms with E-state index in [9.17, 15) is 61.5 Å². The molecule has 0 aromatic heterocycles. The van der Waals surface area contributed by atoms with E-state index in [-0.39, 0.29) is 33.5 Å². The molecule has 272 valence electrons. The van der Waals surface area contributed by atoms with Crippen molar-refractivity contribution in [1.82, 2.24) is 0 Å². The number of nitrogen functional groups attached to an aromatic ring is 2. The Morgan fingerprint density at radius 1 is 0.566 bits per heavy atom. The highest BCUT2D eigenvalue weighted by atomic mass is 32.2. The van der Waals surface area contributed by atoms with Crippen LogP contribution in [0.1, 0.15) is 0 Å². The summed E-state index contributed by atoms with van der Waals surface area (Å²) in [5.74, 6) is -2.67. The van der Waals surface area contributed by atoms with E-state index in [4.69, 9.17) is 11.5 Å². The van der Waals surface area contributed by atoms with Crippen LogP contribution in [0.4, 0.5) is 56.9 Å². The minimum atomic E-state index is -5.00. The second-order valence-electron chi connectivity index (χ2n) is 10.5. The summed E-state index contributed by atoms with van der Waals surface area (Å²) in [4.78, 5) is 19.1. The summed E-state index contributed by atoms with van der Waals surface area (Å²) in [6.45, 7) is 0. The van der Waals surface area contributed by atoms with E-state index in [2.05, 4.69) is 30.7 Å². The van der Waals surface area contributed by atoms with Crippen LogP contribution in [0.2, 0.25) is 0 Å². The Kier molecular flexibility index (Phi) is 9.67. The van der Waals surface area contributed by atoms with Crippen molar-refractivity contribution in [3.63, 3.8) is 0 Å². The van der Waals surface area contributed by atoms with Crippen LogP contribution in [0.15, 0.2) is 107 Å². The number of nitro benzene ring substituents is 2. The molecular weight excluding hydrogens is 748 g/mol. The highest BCUT2D eigenvalue weighted by Crippen LogP contribution is 2.51. The molecule has 0 spiro atoms. The van der Waals surface area contributed by atoms with Gasteiger partial charge in [0.15, 0.2) is 17.2 Å². The summed E-state index contributed by atoms with van der Waals surface area (Å²) in [5.41, 5.74) is 7.44. The van der Waals surface area contributed by atoms with E-state index in [0.717, 1.165) is 54.6 Å². The lowest BCUT2D eigenvalue weighted by Crippen LogP contribution is -2.00. The van der Waals surface area contributed by atoms with Gasteiger partial charge in [-0.2, -0.15) is 27.1 Å². The number of hydrogen-bond acceptors (Lipinski definition) is 19. The molecule has 5 aromatic carbocycles. The first-order chi connectivity index (χ1) is 24.7. The third-order valence-electron chi connectivity index (χ3n) is 6.98. The molecule has 0 atom stereocenters. The number of phenolic OH excluding ortho intramolecular Hbond substituents is 3. The Morgan fingerprint density at radius 2 is 1.00 bits per heavy atom. The molecule has 9 N–H and O–H groups in total. The number of aromatic hydroxyl groups is 3. The Labute approximate surface area is 294 Å². The van der Waals surface area contributed by atoms with Gasteiger partial charge in [0.1, 0.15) is 28.5 Å². The molecule has 5 aromatic rings. The van der Waals surface area contributed by atoms with Gasteiger partial charge in [-0.3, -0.25) is 29.3 Å². The molecule has 23 nitrogen and oxygen atoms in total. The summed E-state index contributed by atoms with van der Waals surface area (Å²) >= 11 is 0. The van der Waals surface area contributed by atoms with Gasteiger partial charge >= 0.3 is 0 Å². The maximum absolute atomic E-state index is 12.0. The smallest absolute Gasteiger partial charge is 0.294 e. The summed E-state index contributed by atoms with van der Waals surface area (Å²) < 4.78 is 66.7. The van der Waals surface area contributed by atoms with Crippen LogP contribution < -0.4 is 11.5 Å². The molecule has 0 fully saturated rings. The van der Waals surface area contributed by atoms with Gasteiger partial charge in [-0.15, -0.1) is 20.5 Å². The molecule has 0 bridgehead atoms. The summed E-state index contributed by atoms with van der Waals surface area (Å²) in [6, 6.07) is 10.3. The highest BCUT2D eigenvalue weighted by molar-refractivity contribution is 7.86. The Bertz CT molecular complexity index is 2700. The van der Waals surface area contributed by atoms with E-state index < -0.39 is 91.2 Å². The molecule has 0 amide bonds. The predicted molar refractivity (Wildman–Crippen MR) is 183 cm³/mol. The van der Waals surface area contributed by atoms with Crippen LogP contribution in [0.25, 0.3) is 10.8 Å². The Hall–Kier alpha value is -7.22. The second kappa shape index (κ2) is 13.8. The van der Waals surface area contributed by atoms with E-state index in [1.807, 2.05) is 0 Å². The second-order valence-corrected chi connectivity index (χ2v) is 13.3. The van der Waals surface area contributed by atoms with E-state index in [1.165, 1.54) is 6.07 Å². The maximum Gasteiger partial charge on any atom is 0.294 e. The van der Waals surface area contributed by atoms with Crippen LogP contribution in [-0.2, 0) is 20.2 Å². The van der Waals surface area contributed by atoms with E-state index in [1.54, 1.807) is 0 Å². The molecule has 25 heteroatoms. The molecule has 0 unspecified atom stereocenters. The van der Waals surface area contributed by atoms with Crippen molar-refractivity contribution < 1.29 is 51.1 Å². The first kappa shape index (κ1) is 37.0. The summed E-state index contributed by atoms with van der Waals surface area (Å²) in [5, 5.41) is 77.3. The fourth-order valence-electron chi connectivity index (χ4n) is 4.53. The van der Waals surface area contributed by atoms with Gasteiger partial charge < -0.3 is 26.8 Å². The zero-order chi connectivity index (χ0) is 39.0. The van der Waals surface area contributed by atoms with Crippen LogP contribution >= 0.6 is 0 Å². The lowest BCUT2D eigenvalue weighted by Gasteiger charge is -2.10. The van der Waals surface area contributed by atoms with Gasteiger partial charge in [0.25, 0.3) is 31.6 Å².